The Hall–Kier alpha value is -3.45. The highest BCUT2D eigenvalue weighted by molar-refractivity contribution is 7.98. The van der Waals surface area contributed by atoms with Crippen LogP contribution < -0.4 is 11.3 Å². The second kappa shape index (κ2) is 7.66. The first-order chi connectivity index (χ1) is 13.6. The Morgan fingerprint density at radius 1 is 1.04 bits per heavy atom. The molecule has 0 aliphatic carbocycles. The minimum Gasteiger partial charge on any atom is -0.366 e. The lowest BCUT2D eigenvalue weighted by Crippen LogP contribution is -2.21. The van der Waals surface area contributed by atoms with E-state index < -0.39 is 5.91 Å². The van der Waals surface area contributed by atoms with Crippen LogP contribution in [0.25, 0.3) is 16.6 Å². The summed E-state index contributed by atoms with van der Waals surface area (Å²) in [5.41, 5.74) is 7.92. The number of hydrogen-bond acceptors (Lipinski definition) is 5. The zero-order chi connectivity index (χ0) is 19.5. The molecule has 0 radical (unpaired) electrons. The lowest BCUT2D eigenvalue weighted by Gasteiger charge is -2.13. The van der Waals surface area contributed by atoms with E-state index >= 15 is 0 Å². The monoisotopic (exact) mass is 388 g/mol. The predicted octanol–water partition coefficient (Wildman–Crippen LogP) is 3.17. The molecule has 0 unspecified atom stereocenters. The van der Waals surface area contributed by atoms with Gasteiger partial charge in [-0.3, -0.25) is 19.1 Å². The number of rotatable bonds is 5. The van der Waals surface area contributed by atoms with Crippen molar-refractivity contribution in [3.63, 3.8) is 0 Å². The Kier molecular flexibility index (Phi) is 4.90. The Morgan fingerprint density at radius 2 is 1.82 bits per heavy atom. The van der Waals surface area contributed by atoms with Crippen LogP contribution in [0.4, 0.5) is 0 Å². The summed E-state index contributed by atoms with van der Waals surface area (Å²) in [4.78, 5) is 33.2. The number of benzene rings is 2. The van der Waals surface area contributed by atoms with Gasteiger partial charge >= 0.3 is 0 Å². The average molecular weight is 388 g/mol. The molecule has 0 bridgehead atoms. The first kappa shape index (κ1) is 17.9. The third-order valence-electron chi connectivity index (χ3n) is 4.26. The van der Waals surface area contributed by atoms with Gasteiger partial charge in [0.1, 0.15) is 0 Å². The van der Waals surface area contributed by atoms with Gasteiger partial charge < -0.3 is 5.73 Å². The van der Waals surface area contributed by atoms with Crippen molar-refractivity contribution in [3.05, 3.63) is 94.5 Å². The van der Waals surface area contributed by atoms with E-state index in [-0.39, 0.29) is 5.56 Å². The van der Waals surface area contributed by atoms with Crippen molar-refractivity contribution < 1.29 is 4.79 Å². The van der Waals surface area contributed by atoms with E-state index in [1.807, 2.05) is 36.4 Å². The highest BCUT2D eigenvalue weighted by Crippen LogP contribution is 2.24. The molecule has 1 amide bonds. The summed E-state index contributed by atoms with van der Waals surface area (Å²) < 4.78 is 1.58. The average Bonchev–Trinajstić information content (AvgIpc) is 2.73. The van der Waals surface area contributed by atoms with Gasteiger partial charge in [0.2, 0.25) is 5.91 Å². The standard InChI is InChI=1S/C21H16N4O2S/c22-19(26)15-9-7-14(8-10-15)13-28-21-24-18-6-2-1-5-17(18)20(27)25(21)16-4-3-11-23-12-16/h1-12H,13H2,(H2,22,26). The normalized spacial score (nSPS) is 10.9. The smallest absolute Gasteiger partial charge is 0.266 e. The van der Waals surface area contributed by atoms with Gasteiger partial charge in [0.05, 0.1) is 22.8 Å². The summed E-state index contributed by atoms with van der Waals surface area (Å²) in [7, 11) is 0. The Bertz CT molecular complexity index is 1200. The molecule has 0 saturated carbocycles. The second-order valence-electron chi connectivity index (χ2n) is 6.11. The van der Waals surface area contributed by atoms with Crippen molar-refractivity contribution in [2.75, 3.05) is 0 Å². The number of amides is 1. The number of nitrogens with zero attached hydrogens (tertiary/aromatic N) is 3. The molecule has 6 nitrogen and oxygen atoms in total. The summed E-state index contributed by atoms with van der Waals surface area (Å²) in [6, 6.07) is 18.0. The van der Waals surface area contributed by atoms with Gasteiger partial charge in [-0.1, -0.05) is 36.0 Å². The highest BCUT2D eigenvalue weighted by atomic mass is 32.2. The molecule has 138 valence electrons. The topological polar surface area (TPSA) is 90.9 Å². The maximum Gasteiger partial charge on any atom is 0.266 e. The minimum atomic E-state index is -0.458. The molecular formula is C21H16N4O2S. The van der Waals surface area contributed by atoms with Crippen LogP contribution in [0.5, 0.6) is 0 Å². The molecular weight excluding hydrogens is 372 g/mol. The fraction of sp³-hybridized carbons (Fsp3) is 0.0476. The third-order valence-corrected chi connectivity index (χ3v) is 5.27. The van der Waals surface area contributed by atoms with Crippen LogP contribution in [-0.2, 0) is 5.75 Å². The summed E-state index contributed by atoms with van der Waals surface area (Å²) in [6.45, 7) is 0. The van der Waals surface area contributed by atoms with Gasteiger partial charge in [0.15, 0.2) is 5.16 Å². The van der Waals surface area contributed by atoms with E-state index in [4.69, 9.17) is 10.7 Å². The van der Waals surface area contributed by atoms with Crippen molar-refractivity contribution in [3.8, 4) is 5.69 Å². The molecule has 0 fully saturated rings. The van der Waals surface area contributed by atoms with Crippen LogP contribution in [0.15, 0.2) is 83.0 Å². The lowest BCUT2D eigenvalue weighted by atomic mass is 10.1. The zero-order valence-corrected chi connectivity index (χ0v) is 15.6. The summed E-state index contributed by atoms with van der Waals surface area (Å²) in [5, 5.41) is 1.14. The Morgan fingerprint density at radius 3 is 2.54 bits per heavy atom. The van der Waals surface area contributed by atoms with E-state index in [0.29, 0.717) is 33.1 Å². The Labute approximate surface area is 165 Å². The van der Waals surface area contributed by atoms with Crippen LogP contribution in [0.3, 0.4) is 0 Å². The maximum atomic E-state index is 13.1. The molecule has 0 aliphatic rings. The first-order valence-corrected chi connectivity index (χ1v) is 9.56. The Balaban J connectivity index is 1.75. The number of thioether (sulfide) groups is 1. The number of aromatic nitrogens is 3. The molecule has 4 rings (SSSR count). The molecule has 2 heterocycles. The molecule has 28 heavy (non-hydrogen) atoms. The zero-order valence-electron chi connectivity index (χ0n) is 14.8. The number of carbonyl (C=O) groups excluding carboxylic acids is 1. The number of carbonyl (C=O) groups is 1. The van der Waals surface area contributed by atoms with E-state index in [1.54, 1.807) is 41.2 Å². The number of primary amides is 1. The van der Waals surface area contributed by atoms with Crippen molar-refractivity contribution >= 4 is 28.6 Å². The van der Waals surface area contributed by atoms with E-state index in [0.717, 1.165) is 5.56 Å². The number of fused-ring (bicyclic) bond motifs is 1. The number of nitrogens with two attached hydrogens (primary N) is 1. The summed E-state index contributed by atoms with van der Waals surface area (Å²) in [5.74, 6) is 0.130. The lowest BCUT2D eigenvalue weighted by molar-refractivity contribution is 0.100. The quantitative estimate of drug-likeness (QED) is 0.419. The van der Waals surface area contributed by atoms with Crippen LogP contribution in [0.2, 0.25) is 0 Å². The molecule has 0 atom stereocenters. The van der Waals surface area contributed by atoms with E-state index in [2.05, 4.69) is 4.98 Å². The summed E-state index contributed by atoms with van der Waals surface area (Å²) in [6.07, 6.45) is 3.31. The molecule has 2 aromatic heterocycles. The molecule has 4 aromatic rings. The van der Waals surface area contributed by atoms with Crippen molar-refractivity contribution in [2.24, 2.45) is 5.73 Å². The van der Waals surface area contributed by atoms with Crippen molar-refractivity contribution in [1.29, 1.82) is 0 Å². The van der Waals surface area contributed by atoms with E-state index in [1.165, 1.54) is 11.8 Å². The van der Waals surface area contributed by atoms with Crippen molar-refractivity contribution in [2.45, 2.75) is 10.9 Å². The van der Waals surface area contributed by atoms with Gasteiger partial charge in [-0.25, -0.2) is 4.98 Å². The van der Waals surface area contributed by atoms with Crippen LogP contribution in [-0.4, -0.2) is 20.4 Å². The minimum absolute atomic E-state index is 0.134. The fourth-order valence-electron chi connectivity index (χ4n) is 2.84. The highest BCUT2D eigenvalue weighted by Gasteiger charge is 2.13. The fourth-order valence-corrected chi connectivity index (χ4v) is 3.80. The first-order valence-electron chi connectivity index (χ1n) is 8.57. The van der Waals surface area contributed by atoms with Crippen LogP contribution >= 0.6 is 11.8 Å². The SMILES string of the molecule is NC(=O)c1ccc(CSc2nc3ccccc3c(=O)n2-c2cccnc2)cc1. The van der Waals surface area contributed by atoms with Crippen molar-refractivity contribution in [1.82, 2.24) is 14.5 Å². The molecule has 0 saturated heterocycles. The third kappa shape index (κ3) is 3.52. The van der Waals surface area contributed by atoms with Gasteiger partial charge in [0.25, 0.3) is 5.56 Å². The molecule has 2 aromatic carbocycles. The van der Waals surface area contributed by atoms with Gasteiger partial charge in [-0.2, -0.15) is 0 Å². The number of pyridine rings is 1. The predicted molar refractivity (Wildman–Crippen MR) is 110 cm³/mol. The van der Waals surface area contributed by atoms with Gasteiger partial charge in [-0.15, -0.1) is 0 Å². The van der Waals surface area contributed by atoms with Gasteiger partial charge in [0, 0.05) is 17.5 Å². The maximum absolute atomic E-state index is 13.1. The van der Waals surface area contributed by atoms with Crippen LogP contribution in [0.1, 0.15) is 15.9 Å². The molecule has 7 heteroatoms. The molecule has 0 spiro atoms. The van der Waals surface area contributed by atoms with Crippen LogP contribution in [0, 0.1) is 0 Å². The second-order valence-corrected chi connectivity index (χ2v) is 7.06. The van der Waals surface area contributed by atoms with E-state index in [9.17, 15) is 9.59 Å². The molecule has 0 aliphatic heterocycles. The number of hydrogen-bond donors (Lipinski definition) is 1. The summed E-state index contributed by atoms with van der Waals surface area (Å²) >= 11 is 1.45. The largest absolute Gasteiger partial charge is 0.366 e. The van der Waals surface area contributed by atoms with Gasteiger partial charge in [-0.05, 0) is 42.0 Å². The molecule has 2 N–H and O–H groups in total. The number of para-hydroxylation sites is 1.